The summed E-state index contributed by atoms with van der Waals surface area (Å²) in [4.78, 5) is 5.78. The number of nitrogens with zero attached hydrogens (tertiary/aromatic N) is 2. The van der Waals surface area contributed by atoms with Crippen LogP contribution in [0.2, 0.25) is 5.02 Å². The Bertz CT molecular complexity index is 921. The highest BCUT2D eigenvalue weighted by molar-refractivity contribution is 7.93. The molecule has 0 unspecified atom stereocenters. The molecule has 6 nitrogen and oxygen atoms in total. The smallest absolute Gasteiger partial charge is 0.266 e. The number of halogens is 2. The standard InChI is InChI=1S/C19H26ClFN4O2S2/c1-3-25(4-2)17-8-6-5-7-15(17)23-16-12-14(21)18(11-13(16)20)29(26,27)24-19-22-9-10-28-19/h9-12,15,17,23H,3-8H2,1-2H3,(H,22,24)/t15-,17+/m1/s1. The molecule has 3 rings (SSSR count). The third-order valence-electron chi connectivity index (χ3n) is 5.32. The van der Waals surface area contributed by atoms with Crippen LogP contribution in [-0.2, 0) is 10.0 Å². The molecule has 0 aliphatic heterocycles. The average molecular weight is 461 g/mol. The summed E-state index contributed by atoms with van der Waals surface area (Å²) in [7, 11) is -4.12. The highest BCUT2D eigenvalue weighted by Crippen LogP contribution is 2.33. The van der Waals surface area contributed by atoms with Crippen molar-refractivity contribution in [3.05, 3.63) is 34.5 Å². The maximum atomic E-state index is 14.8. The number of likely N-dealkylation sites (N-methyl/N-ethyl adjacent to an activating group) is 1. The quantitative estimate of drug-likeness (QED) is 0.591. The monoisotopic (exact) mass is 460 g/mol. The Labute approximate surface area is 180 Å². The van der Waals surface area contributed by atoms with Crippen LogP contribution in [0.3, 0.4) is 0 Å². The minimum absolute atomic E-state index is 0.136. The third-order valence-corrected chi connectivity index (χ3v) is 7.80. The van der Waals surface area contributed by atoms with Crippen LogP contribution in [0, 0.1) is 5.82 Å². The fourth-order valence-electron chi connectivity index (χ4n) is 3.90. The van der Waals surface area contributed by atoms with E-state index in [0.29, 0.717) is 11.7 Å². The second-order valence-corrected chi connectivity index (χ2v) is 9.98. The molecule has 0 radical (unpaired) electrons. The molecule has 1 aromatic carbocycles. The number of hydrogen-bond donors (Lipinski definition) is 2. The summed E-state index contributed by atoms with van der Waals surface area (Å²) in [5.41, 5.74) is 0.418. The van der Waals surface area contributed by atoms with Gasteiger partial charge in [-0.05, 0) is 38.1 Å². The van der Waals surface area contributed by atoms with Gasteiger partial charge in [-0.2, -0.15) is 0 Å². The molecule has 2 N–H and O–H groups in total. The van der Waals surface area contributed by atoms with Gasteiger partial charge in [0, 0.05) is 23.7 Å². The van der Waals surface area contributed by atoms with E-state index in [1.807, 2.05) is 0 Å². The summed E-state index contributed by atoms with van der Waals surface area (Å²) in [6.07, 6.45) is 5.77. The normalized spacial score (nSPS) is 20.0. The molecule has 1 heterocycles. The summed E-state index contributed by atoms with van der Waals surface area (Å²) in [6.45, 7) is 6.16. The van der Waals surface area contributed by atoms with Gasteiger partial charge in [0.15, 0.2) is 5.13 Å². The van der Waals surface area contributed by atoms with Crippen molar-refractivity contribution in [2.45, 2.75) is 56.5 Å². The molecule has 29 heavy (non-hydrogen) atoms. The Morgan fingerprint density at radius 2 is 2.00 bits per heavy atom. The number of nitrogens with one attached hydrogen (secondary N) is 2. The first kappa shape index (κ1) is 22.3. The first-order chi connectivity index (χ1) is 13.9. The van der Waals surface area contributed by atoms with Crippen molar-refractivity contribution in [3.63, 3.8) is 0 Å². The summed E-state index contributed by atoms with van der Waals surface area (Å²) in [5, 5.41) is 5.35. The molecule has 2 aromatic rings. The number of anilines is 2. The van der Waals surface area contributed by atoms with Crippen LogP contribution in [0.4, 0.5) is 15.2 Å². The van der Waals surface area contributed by atoms with Crippen LogP contribution in [0.5, 0.6) is 0 Å². The van der Waals surface area contributed by atoms with Crippen molar-refractivity contribution >= 4 is 43.8 Å². The van der Waals surface area contributed by atoms with Crippen molar-refractivity contribution in [1.29, 1.82) is 0 Å². The molecule has 10 heteroatoms. The summed E-state index contributed by atoms with van der Waals surface area (Å²) >= 11 is 7.47. The van der Waals surface area contributed by atoms with Crippen LogP contribution in [0.25, 0.3) is 0 Å². The van der Waals surface area contributed by atoms with Gasteiger partial charge in [0.1, 0.15) is 10.7 Å². The maximum absolute atomic E-state index is 14.8. The molecular weight excluding hydrogens is 435 g/mol. The number of thiazole rings is 1. The molecule has 1 fully saturated rings. The van der Waals surface area contributed by atoms with E-state index in [-0.39, 0.29) is 16.2 Å². The van der Waals surface area contributed by atoms with Gasteiger partial charge in [0.05, 0.1) is 10.7 Å². The minimum Gasteiger partial charge on any atom is -0.379 e. The van der Waals surface area contributed by atoms with E-state index in [1.165, 1.54) is 18.7 Å². The molecule has 0 amide bonds. The first-order valence-corrected chi connectivity index (χ1v) is 12.5. The van der Waals surface area contributed by atoms with Crippen LogP contribution in [0.1, 0.15) is 39.5 Å². The lowest BCUT2D eigenvalue weighted by Gasteiger charge is -2.40. The Balaban J connectivity index is 1.83. The molecule has 0 bridgehead atoms. The van der Waals surface area contributed by atoms with E-state index in [0.717, 1.165) is 49.8 Å². The number of aromatic nitrogens is 1. The topological polar surface area (TPSA) is 74.3 Å². The van der Waals surface area contributed by atoms with Gasteiger partial charge in [0.25, 0.3) is 10.0 Å². The Hall–Kier alpha value is -1.42. The second kappa shape index (κ2) is 9.59. The first-order valence-electron chi connectivity index (χ1n) is 9.77. The van der Waals surface area contributed by atoms with Crippen LogP contribution in [-0.4, -0.2) is 43.5 Å². The number of hydrogen-bond acceptors (Lipinski definition) is 6. The lowest BCUT2D eigenvalue weighted by Crippen LogP contribution is -2.48. The van der Waals surface area contributed by atoms with E-state index in [1.54, 1.807) is 5.38 Å². The van der Waals surface area contributed by atoms with Crippen molar-refractivity contribution in [2.24, 2.45) is 0 Å². The Morgan fingerprint density at radius 1 is 1.28 bits per heavy atom. The third kappa shape index (κ3) is 5.20. The zero-order valence-electron chi connectivity index (χ0n) is 16.5. The Kier molecular flexibility index (Phi) is 7.37. The molecule has 2 atom stereocenters. The zero-order chi connectivity index (χ0) is 21.0. The van der Waals surface area contributed by atoms with Crippen molar-refractivity contribution in [3.8, 4) is 0 Å². The zero-order valence-corrected chi connectivity index (χ0v) is 18.9. The summed E-state index contributed by atoms with van der Waals surface area (Å²) in [6, 6.07) is 2.81. The molecule has 1 saturated carbocycles. The molecule has 1 aromatic heterocycles. The van der Waals surface area contributed by atoms with Gasteiger partial charge >= 0.3 is 0 Å². The van der Waals surface area contributed by atoms with Gasteiger partial charge in [0.2, 0.25) is 0 Å². The van der Waals surface area contributed by atoms with Crippen molar-refractivity contribution in [1.82, 2.24) is 9.88 Å². The molecule has 0 saturated heterocycles. The highest BCUT2D eigenvalue weighted by atomic mass is 35.5. The predicted octanol–water partition coefficient (Wildman–Crippen LogP) is 4.80. The van der Waals surface area contributed by atoms with Gasteiger partial charge < -0.3 is 5.32 Å². The summed E-state index contributed by atoms with van der Waals surface area (Å²) < 4.78 is 42.1. The largest absolute Gasteiger partial charge is 0.379 e. The SMILES string of the molecule is CCN(CC)[C@H]1CCCC[C@H]1Nc1cc(F)c(S(=O)(=O)Nc2nccs2)cc1Cl. The van der Waals surface area contributed by atoms with E-state index in [2.05, 4.69) is 33.8 Å². The molecule has 1 aliphatic rings. The van der Waals surface area contributed by atoms with Gasteiger partial charge in [-0.25, -0.2) is 17.8 Å². The lowest BCUT2D eigenvalue weighted by molar-refractivity contribution is 0.159. The van der Waals surface area contributed by atoms with Crippen molar-refractivity contribution < 1.29 is 12.8 Å². The number of sulfonamides is 1. The highest BCUT2D eigenvalue weighted by Gasteiger charge is 2.30. The van der Waals surface area contributed by atoms with Gasteiger partial charge in [-0.3, -0.25) is 9.62 Å². The Morgan fingerprint density at radius 3 is 2.66 bits per heavy atom. The predicted molar refractivity (Wildman–Crippen MR) is 117 cm³/mol. The van der Waals surface area contributed by atoms with Crippen LogP contribution >= 0.6 is 22.9 Å². The minimum atomic E-state index is -4.12. The average Bonchev–Trinajstić information content (AvgIpc) is 3.18. The molecule has 160 valence electrons. The van der Waals surface area contributed by atoms with Crippen LogP contribution < -0.4 is 10.0 Å². The fourth-order valence-corrected chi connectivity index (χ4v) is 6.06. The van der Waals surface area contributed by atoms with E-state index < -0.39 is 20.7 Å². The van der Waals surface area contributed by atoms with E-state index in [4.69, 9.17) is 11.6 Å². The summed E-state index contributed by atoms with van der Waals surface area (Å²) in [5.74, 6) is -0.851. The van der Waals surface area contributed by atoms with Crippen molar-refractivity contribution in [2.75, 3.05) is 23.1 Å². The maximum Gasteiger partial charge on any atom is 0.266 e. The second-order valence-electron chi connectivity index (χ2n) is 7.03. The van der Waals surface area contributed by atoms with E-state index >= 15 is 0 Å². The number of rotatable bonds is 8. The van der Waals surface area contributed by atoms with Gasteiger partial charge in [-0.15, -0.1) is 11.3 Å². The molecule has 1 aliphatic carbocycles. The molecular formula is C19H26ClFN4O2S2. The molecule has 0 spiro atoms. The lowest BCUT2D eigenvalue weighted by atomic mass is 9.89. The van der Waals surface area contributed by atoms with Gasteiger partial charge in [-0.1, -0.05) is 38.3 Å². The number of benzene rings is 1. The van der Waals surface area contributed by atoms with Crippen LogP contribution in [0.15, 0.2) is 28.6 Å². The fraction of sp³-hybridized carbons (Fsp3) is 0.526. The van der Waals surface area contributed by atoms with E-state index in [9.17, 15) is 12.8 Å².